The number of carbonyl (C=O) groups excluding carboxylic acids is 2. The molecule has 0 saturated carbocycles. The lowest BCUT2D eigenvalue weighted by molar-refractivity contribution is 0.0958. The minimum atomic E-state index is -0.307. The molecule has 30 heavy (non-hydrogen) atoms. The summed E-state index contributed by atoms with van der Waals surface area (Å²) in [5, 5.41) is 8.14. The maximum Gasteiger partial charge on any atom is 0.319 e. The van der Waals surface area contributed by atoms with Crippen LogP contribution in [0.2, 0.25) is 0 Å². The van der Waals surface area contributed by atoms with Crippen molar-refractivity contribution in [1.29, 1.82) is 0 Å². The first-order valence-corrected chi connectivity index (χ1v) is 9.50. The molecule has 8 nitrogen and oxygen atoms in total. The molecule has 154 valence electrons. The number of carbonyl (C=O) groups is 2. The van der Waals surface area contributed by atoms with Crippen molar-refractivity contribution in [3.8, 4) is 17.1 Å². The van der Waals surface area contributed by atoms with Crippen molar-refractivity contribution in [2.45, 2.75) is 13.5 Å². The Balaban J connectivity index is 1.67. The number of amides is 3. The molecule has 2 heterocycles. The Morgan fingerprint density at radius 2 is 1.87 bits per heavy atom. The van der Waals surface area contributed by atoms with E-state index in [4.69, 9.17) is 4.74 Å². The van der Waals surface area contributed by atoms with Crippen LogP contribution in [-0.4, -0.2) is 35.6 Å². The fourth-order valence-electron chi connectivity index (χ4n) is 2.74. The van der Waals surface area contributed by atoms with Gasteiger partial charge in [0.15, 0.2) is 0 Å². The minimum Gasteiger partial charge on any atom is -0.477 e. The number of anilines is 1. The molecule has 0 radical (unpaired) electrons. The zero-order chi connectivity index (χ0) is 21.3. The number of nitrogens with zero attached hydrogens (tertiary/aromatic N) is 2. The average Bonchev–Trinajstić information content (AvgIpc) is 2.78. The molecule has 1 aromatic carbocycles. The lowest BCUT2D eigenvalue weighted by Gasteiger charge is -2.11. The van der Waals surface area contributed by atoms with Crippen LogP contribution in [0, 0.1) is 0 Å². The van der Waals surface area contributed by atoms with Gasteiger partial charge in [0.1, 0.15) is 5.56 Å². The van der Waals surface area contributed by atoms with E-state index in [1.165, 1.54) is 0 Å². The molecule has 0 spiro atoms. The van der Waals surface area contributed by atoms with E-state index in [0.717, 1.165) is 11.1 Å². The van der Waals surface area contributed by atoms with Crippen molar-refractivity contribution in [3.63, 3.8) is 0 Å². The highest BCUT2D eigenvalue weighted by Gasteiger charge is 2.14. The summed E-state index contributed by atoms with van der Waals surface area (Å²) >= 11 is 0. The largest absolute Gasteiger partial charge is 0.477 e. The van der Waals surface area contributed by atoms with Gasteiger partial charge in [-0.15, -0.1) is 0 Å². The fourth-order valence-corrected chi connectivity index (χ4v) is 2.74. The van der Waals surface area contributed by atoms with Crippen LogP contribution >= 0.6 is 0 Å². The smallest absolute Gasteiger partial charge is 0.319 e. The highest BCUT2D eigenvalue weighted by Crippen LogP contribution is 2.24. The number of urea groups is 1. The maximum atomic E-state index is 12.1. The molecule has 3 N–H and O–H groups in total. The number of rotatable bonds is 7. The van der Waals surface area contributed by atoms with E-state index in [1.807, 2.05) is 31.2 Å². The summed E-state index contributed by atoms with van der Waals surface area (Å²) in [6.07, 6.45) is 3.39. The molecule has 0 aliphatic heterocycles. The van der Waals surface area contributed by atoms with Gasteiger partial charge in [0, 0.05) is 37.2 Å². The quantitative estimate of drug-likeness (QED) is 0.560. The van der Waals surface area contributed by atoms with E-state index in [1.54, 1.807) is 43.7 Å². The minimum absolute atomic E-state index is 0.255. The molecular weight excluding hydrogens is 382 g/mol. The second-order valence-corrected chi connectivity index (χ2v) is 6.31. The lowest BCUT2D eigenvalue weighted by atomic mass is 10.1. The van der Waals surface area contributed by atoms with Crippen LogP contribution in [0.4, 0.5) is 10.5 Å². The summed E-state index contributed by atoms with van der Waals surface area (Å²) in [6, 6.07) is 14.1. The molecule has 8 heteroatoms. The number of pyridine rings is 2. The third-order valence-corrected chi connectivity index (χ3v) is 4.23. The van der Waals surface area contributed by atoms with E-state index < -0.39 is 0 Å². The van der Waals surface area contributed by atoms with Gasteiger partial charge in [0.25, 0.3) is 5.91 Å². The molecule has 3 aromatic rings. The van der Waals surface area contributed by atoms with Crippen LogP contribution in [-0.2, 0) is 6.54 Å². The van der Waals surface area contributed by atoms with Crippen LogP contribution in [0.15, 0.2) is 60.9 Å². The topological polar surface area (TPSA) is 105 Å². The predicted octanol–water partition coefficient (Wildman–Crippen LogP) is 3.22. The summed E-state index contributed by atoms with van der Waals surface area (Å²) in [5.41, 5.74) is 3.44. The first-order chi connectivity index (χ1) is 14.6. The molecule has 0 saturated heterocycles. The molecule has 0 aliphatic rings. The van der Waals surface area contributed by atoms with Crippen LogP contribution < -0.4 is 20.7 Å². The van der Waals surface area contributed by atoms with Gasteiger partial charge in [-0.25, -0.2) is 9.78 Å². The second-order valence-electron chi connectivity index (χ2n) is 6.31. The zero-order valence-electron chi connectivity index (χ0n) is 16.8. The number of nitrogens with one attached hydrogen (secondary N) is 3. The number of aromatic nitrogens is 2. The number of hydrogen-bond donors (Lipinski definition) is 3. The molecule has 3 rings (SSSR count). The standard InChI is InChI=1S/C22H23N5O3/c1-3-30-21-18(20(28)23-2)10-11-19(27-21)16-6-8-17(9-7-16)26-22(29)25-14-15-5-4-12-24-13-15/h4-13H,3,14H2,1-2H3,(H,23,28)(H2,25,26,29). The van der Waals surface area contributed by atoms with Crippen LogP contribution in [0.25, 0.3) is 11.3 Å². The predicted molar refractivity (Wildman–Crippen MR) is 114 cm³/mol. The molecule has 0 aliphatic carbocycles. The SMILES string of the molecule is CCOc1nc(-c2ccc(NC(=O)NCc3cccnc3)cc2)ccc1C(=O)NC. The zero-order valence-corrected chi connectivity index (χ0v) is 16.8. The Bertz CT molecular complexity index is 1010. The normalized spacial score (nSPS) is 10.2. The molecule has 0 fully saturated rings. The van der Waals surface area contributed by atoms with Gasteiger partial charge in [-0.05, 0) is 42.8 Å². The van der Waals surface area contributed by atoms with E-state index >= 15 is 0 Å². The number of ether oxygens (including phenoxy) is 1. The Labute approximate surface area is 174 Å². The van der Waals surface area contributed by atoms with Gasteiger partial charge in [0.2, 0.25) is 5.88 Å². The van der Waals surface area contributed by atoms with Gasteiger partial charge < -0.3 is 20.7 Å². The maximum absolute atomic E-state index is 12.1. The third kappa shape index (κ3) is 5.32. The second kappa shape index (κ2) is 10.0. The number of benzene rings is 1. The van der Waals surface area contributed by atoms with Crippen LogP contribution in [0.3, 0.4) is 0 Å². The van der Waals surface area contributed by atoms with E-state index in [9.17, 15) is 9.59 Å². The summed E-state index contributed by atoms with van der Waals surface area (Å²) in [6.45, 7) is 2.62. The average molecular weight is 405 g/mol. The summed E-state index contributed by atoms with van der Waals surface area (Å²) in [5.74, 6) is 0.0284. The first kappa shape index (κ1) is 20.8. The van der Waals surface area contributed by atoms with Gasteiger partial charge >= 0.3 is 6.03 Å². The lowest BCUT2D eigenvalue weighted by Crippen LogP contribution is -2.28. The molecule has 0 atom stereocenters. The fraction of sp³-hybridized carbons (Fsp3) is 0.182. The van der Waals surface area contributed by atoms with Crippen molar-refractivity contribution in [2.75, 3.05) is 19.0 Å². The van der Waals surface area contributed by atoms with Crippen molar-refractivity contribution >= 4 is 17.6 Å². The van der Waals surface area contributed by atoms with Gasteiger partial charge in [-0.1, -0.05) is 18.2 Å². The van der Waals surface area contributed by atoms with Crippen molar-refractivity contribution in [2.24, 2.45) is 0 Å². The highest BCUT2D eigenvalue weighted by atomic mass is 16.5. The third-order valence-electron chi connectivity index (χ3n) is 4.23. The molecule has 3 amide bonds. The highest BCUT2D eigenvalue weighted by molar-refractivity contribution is 5.96. The summed E-state index contributed by atoms with van der Waals surface area (Å²) in [7, 11) is 1.56. The van der Waals surface area contributed by atoms with Crippen molar-refractivity contribution < 1.29 is 14.3 Å². The van der Waals surface area contributed by atoms with Gasteiger partial charge in [-0.3, -0.25) is 9.78 Å². The van der Waals surface area contributed by atoms with Crippen molar-refractivity contribution in [1.82, 2.24) is 20.6 Å². The van der Waals surface area contributed by atoms with Gasteiger partial charge in [-0.2, -0.15) is 0 Å². The van der Waals surface area contributed by atoms with Gasteiger partial charge in [0.05, 0.1) is 12.3 Å². The summed E-state index contributed by atoms with van der Waals surface area (Å²) in [4.78, 5) is 32.5. The number of hydrogen-bond acceptors (Lipinski definition) is 5. The molecule has 2 aromatic heterocycles. The molecular formula is C22H23N5O3. The Morgan fingerprint density at radius 1 is 1.07 bits per heavy atom. The van der Waals surface area contributed by atoms with Crippen LogP contribution in [0.5, 0.6) is 5.88 Å². The monoisotopic (exact) mass is 405 g/mol. The molecule has 0 unspecified atom stereocenters. The molecule has 0 bridgehead atoms. The van der Waals surface area contributed by atoms with E-state index in [-0.39, 0.29) is 17.8 Å². The Morgan fingerprint density at radius 3 is 2.53 bits per heavy atom. The first-order valence-electron chi connectivity index (χ1n) is 9.50. The summed E-state index contributed by atoms with van der Waals surface area (Å²) < 4.78 is 5.52. The van der Waals surface area contributed by atoms with Crippen LogP contribution in [0.1, 0.15) is 22.8 Å². The van der Waals surface area contributed by atoms with E-state index in [2.05, 4.69) is 25.9 Å². The Kier molecular flexibility index (Phi) is 6.94. The Hall–Kier alpha value is -3.94. The van der Waals surface area contributed by atoms with E-state index in [0.29, 0.717) is 30.1 Å². The van der Waals surface area contributed by atoms with Crippen molar-refractivity contribution in [3.05, 3.63) is 72.1 Å².